The molecule has 0 saturated heterocycles. The average molecular weight is 314 g/mol. The fraction of sp³-hybridized carbons (Fsp3) is 0.111. The van der Waals surface area contributed by atoms with Crippen LogP contribution in [0.15, 0.2) is 54.6 Å². The first kappa shape index (κ1) is 16.4. The van der Waals surface area contributed by atoms with E-state index in [9.17, 15) is 14.0 Å². The van der Waals surface area contributed by atoms with Crippen LogP contribution in [0.1, 0.15) is 13.8 Å². The van der Waals surface area contributed by atoms with Crippen molar-refractivity contribution in [2.45, 2.75) is 13.8 Å². The van der Waals surface area contributed by atoms with Gasteiger partial charge >= 0.3 is 11.9 Å². The van der Waals surface area contributed by atoms with Crippen molar-refractivity contribution in [3.05, 3.63) is 60.5 Å². The van der Waals surface area contributed by atoms with E-state index in [1.165, 1.54) is 32.0 Å². The number of fused-ring (bicyclic) bond motifs is 1. The van der Waals surface area contributed by atoms with Crippen LogP contribution in [0.3, 0.4) is 0 Å². The highest BCUT2D eigenvalue weighted by Crippen LogP contribution is 2.28. The molecule has 0 aromatic heterocycles. The van der Waals surface area contributed by atoms with Gasteiger partial charge in [-0.25, -0.2) is 14.0 Å². The molecule has 23 heavy (non-hydrogen) atoms. The summed E-state index contributed by atoms with van der Waals surface area (Å²) in [5.41, 5.74) is 0.459. The molecule has 2 aromatic rings. The van der Waals surface area contributed by atoms with Crippen molar-refractivity contribution in [3.8, 4) is 11.5 Å². The van der Waals surface area contributed by atoms with Gasteiger partial charge < -0.3 is 9.47 Å². The lowest BCUT2D eigenvalue weighted by Gasteiger charge is -2.08. The van der Waals surface area contributed by atoms with Crippen molar-refractivity contribution in [1.82, 2.24) is 0 Å². The van der Waals surface area contributed by atoms with Gasteiger partial charge in [0.1, 0.15) is 17.3 Å². The summed E-state index contributed by atoms with van der Waals surface area (Å²) in [6.45, 7) is 9.97. The number of halogens is 1. The lowest BCUT2D eigenvalue weighted by molar-refractivity contribution is -0.131. The van der Waals surface area contributed by atoms with Crippen LogP contribution in [-0.2, 0) is 9.59 Å². The zero-order valence-electron chi connectivity index (χ0n) is 12.8. The van der Waals surface area contributed by atoms with Gasteiger partial charge in [0.05, 0.1) is 0 Å². The van der Waals surface area contributed by atoms with Gasteiger partial charge in [0, 0.05) is 22.6 Å². The van der Waals surface area contributed by atoms with Crippen LogP contribution in [0.4, 0.5) is 4.39 Å². The minimum atomic E-state index is -0.629. The van der Waals surface area contributed by atoms with Gasteiger partial charge in [-0.3, -0.25) is 0 Å². The molecule has 2 aromatic carbocycles. The lowest BCUT2D eigenvalue weighted by atomic mass is 10.1. The Labute approximate surface area is 132 Å². The first-order valence-electron chi connectivity index (χ1n) is 6.76. The lowest BCUT2D eigenvalue weighted by Crippen LogP contribution is -2.09. The van der Waals surface area contributed by atoms with Crippen LogP contribution in [0.25, 0.3) is 10.8 Å². The van der Waals surface area contributed by atoms with Gasteiger partial charge in [0.2, 0.25) is 0 Å². The average Bonchev–Trinajstić information content (AvgIpc) is 2.47. The Balaban J connectivity index is 2.36. The van der Waals surface area contributed by atoms with Gasteiger partial charge in [0.15, 0.2) is 0 Å². The second-order valence-corrected chi connectivity index (χ2v) is 5.13. The third kappa shape index (κ3) is 3.83. The monoisotopic (exact) mass is 314 g/mol. The van der Waals surface area contributed by atoms with Gasteiger partial charge in [-0.15, -0.1) is 0 Å². The predicted octanol–water partition coefficient (Wildman–Crippen LogP) is 3.94. The minimum Gasteiger partial charge on any atom is -0.423 e. The van der Waals surface area contributed by atoms with E-state index in [-0.39, 0.29) is 28.0 Å². The number of hydrogen-bond donors (Lipinski definition) is 0. The summed E-state index contributed by atoms with van der Waals surface area (Å²) in [6, 6.07) is 7.09. The Morgan fingerprint density at radius 2 is 1.48 bits per heavy atom. The van der Waals surface area contributed by atoms with Crippen LogP contribution in [-0.4, -0.2) is 11.9 Å². The molecule has 0 heterocycles. The van der Waals surface area contributed by atoms with Gasteiger partial charge in [-0.1, -0.05) is 19.2 Å². The summed E-state index contributed by atoms with van der Waals surface area (Å²) in [5, 5.41) is 0.747. The van der Waals surface area contributed by atoms with Crippen LogP contribution in [0.5, 0.6) is 11.5 Å². The number of ether oxygens (including phenoxy) is 2. The molecular weight excluding hydrogens is 299 g/mol. The highest BCUT2D eigenvalue weighted by molar-refractivity contribution is 5.92. The van der Waals surface area contributed by atoms with Gasteiger partial charge in [0.25, 0.3) is 0 Å². The third-order valence-electron chi connectivity index (χ3n) is 2.97. The van der Waals surface area contributed by atoms with E-state index < -0.39 is 17.8 Å². The van der Waals surface area contributed by atoms with Gasteiger partial charge in [-0.2, -0.15) is 0 Å². The fourth-order valence-corrected chi connectivity index (χ4v) is 1.78. The third-order valence-corrected chi connectivity index (χ3v) is 2.97. The first-order chi connectivity index (χ1) is 10.8. The molecule has 4 nitrogen and oxygen atoms in total. The summed E-state index contributed by atoms with van der Waals surface area (Å²) < 4.78 is 24.3. The van der Waals surface area contributed by atoms with E-state index in [0.29, 0.717) is 5.39 Å². The molecule has 0 unspecified atom stereocenters. The molecule has 0 spiro atoms. The summed E-state index contributed by atoms with van der Waals surface area (Å²) in [4.78, 5) is 23.0. The van der Waals surface area contributed by atoms with E-state index in [0.717, 1.165) is 6.07 Å². The van der Waals surface area contributed by atoms with Crippen molar-refractivity contribution in [2.24, 2.45) is 0 Å². The van der Waals surface area contributed by atoms with E-state index >= 15 is 0 Å². The number of esters is 2. The topological polar surface area (TPSA) is 52.6 Å². The second-order valence-electron chi connectivity index (χ2n) is 5.13. The molecule has 0 aliphatic heterocycles. The molecule has 0 bridgehead atoms. The molecular formula is C18H15FO4. The Bertz CT molecular complexity index is 836. The molecule has 0 aliphatic rings. The molecule has 5 heteroatoms. The minimum absolute atomic E-state index is 0.0784. The van der Waals surface area contributed by atoms with Crippen molar-refractivity contribution in [1.29, 1.82) is 0 Å². The maximum absolute atomic E-state index is 14.2. The normalized spacial score (nSPS) is 10.2. The number of carbonyl (C=O) groups is 2. The second kappa shape index (κ2) is 6.44. The molecule has 0 radical (unpaired) electrons. The van der Waals surface area contributed by atoms with Crippen LogP contribution in [0, 0.1) is 5.82 Å². The fourth-order valence-electron chi connectivity index (χ4n) is 1.78. The molecule has 0 amide bonds. The van der Waals surface area contributed by atoms with Crippen molar-refractivity contribution in [2.75, 3.05) is 0 Å². The summed E-state index contributed by atoms with van der Waals surface area (Å²) >= 11 is 0. The molecule has 0 fully saturated rings. The van der Waals surface area contributed by atoms with Crippen molar-refractivity contribution < 1.29 is 23.5 Å². The Morgan fingerprint density at radius 1 is 0.913 bits per heavy atom. The maximum Gasteiger partial charge on any atom is 0.338 e. The number of carbonyl (C=O) groups excluding carboxylic acids is 2. The molecule has 0 aliphatic carbocycles. The summed E-state index contributed by atoms with van der Waals surface area (Å²) in [5.74, 6) is -1.53. The zero-order chi connectivity index (χ0) is 17.1. The van der Waals surface area contributed by atoms with E-state index in [2.05, 4.69) is 13.2 Å². The van der Waals surface area contributed by atoms with E-state index in [4.69, 9.17) is 9.47 Å². The highest BCUT2D eigenvalue weighted by atomic mass is 19.1. The Kier molecular flexibility index (Phi) is 4.60. The molecule has 0 saturated carbocycles. The van der Waals surface area contributed by atoms with Gasteiger partial charge in [-0.05, 0) is 37.4 Å². The molecule has 118 valence electrons. The first-order valence-corrected chi connectivity index (χ1v) is 6.76. The Hall–Kier alpha value is -2.95. The van der Waals surface area contributed by atoms with Crippen molar-refractivity contribution in [3.63, 3.8) is 0 Å². The van der Waals surface area contributed by atoms with E-state index in [1.54, 1.807) is 6.07 Å². The number of benzene rings is 2. The van der Waals surface area contributed by atoms with Crippen LogP contribution in [0.2, 0.25) is 0 Å². The summed E-state index contributed by atoms with van der Waals surface area (Å²) in [6.07, 6.45) is 0. The maximum atomic E-state index is 14.2. The van der Waals surface area contributed by atoms with E-state index in [1.807, 2.05) is 0 Å². The van der Waals surface area contributed by atoms with Crippen LogP contribution >= 0.6 is 0 Å². The Morgan fingerprint density at radius 3 is 2.04 bits per heavy atom. The van der Waals surface area contributed by atoms with Crippen molar-refractivity contribution >= 4 is 22.7 Å². The molecule has 2 rings (SSSR count). The SMILES string of the molecule is C=C(C)C(=O)Oc1cc(F)c2cc(OC(=O)C(=C)C)ccc2c1. The quantitative estimate of drug-likeness (QED) is 0.487. The largest absolute Gasteiger partial charge is 0.423 e. The molecule has 0 N–H and O–H groups in total. The molecule has 0 atom stereocenters. The standard InChI is InChI=1S/C18H15FO4/c1-10(2)17(20)22-13-6-5-12-7-14(23-18(21)11(3)4)9-16(19)15(12)8-13/h5-9H,1,3H2,2,4H3. The predicted molar refractivity (Wildman–Crippen MR) is 84.8 cm³/mol. The number of hydrogen-bond acceptors (Lipinski definition) is 4. The summed E-state index contributed by atoms with van der Waals surface area (Å²) in [7, 11) is 0. The number of rotatable bonds is 4. The zero-order valence-corrected chi connectivity index (χ0v) is 12.8. The highest BCUT2D eigenvalue weighted by Gasteiger charge is 2.12. The van der Waals surface area contributed by atoms with Crippen LogP contribution < -0.4 is 9.47 Å². The smallest absolute Gasteiger partial charge is 0.338 e.